The van der Waals surface area contributed by atoms with Gasteiger partial charge in [-0.2, -0.15) is 0 Å². The number of halogens is 8. The molecule has 0 nitrogen and oxygen atoms in total. The summed E-state index contributed by atoms with van der Waals surface area (Å²) in [6, 6.07) is 0. The van der Waals surface area contributed by atoms with Gasteiger partial charge in [0.05, 0.1) is 0 Å². The van der Waals surface area contributed by atoms with Crippen LogP contribution in [0, 0.1) is 0 Å². The van der Waals surface area contributed by atoms with E-state index in [-0.39, 0.29) is 76.2 Å². The highest BCUT2D eigenvalue weighted by Gasteiger charge is -0.106. The number of hydrogen-bond acceptors (Lipinski definition) is 0. The average molecular weight is 376 g/mol. The topological polar surface area (TPSA) is 0 Å². The van der Waals surface area contributed by atoms with Gasteiger partial charge >= 0.3 is 0 Å². The smallest absolute Gasteiger partial charge is 0.107 e. The van der Waals surface area contributed by atoms with E-state index in [4.69, 9.17) is 0 Å². The lowest BCUT2D eigenvalue weighted by Crippen LogP contribution is 0.419. The Hall–Kier alpha value is 1.04. The van der Waals surface area contributed by atoms with E-state index < -0.39 is 0 Å². The van der Waals surface area contributed by atoms with Crippen molar-refractivity contribution in [3.63, 3.8) is 0 Å². The van der Waals surface area contributed by atoms with Crippen molar-refractivity contribution in [3.05, 3.63) is 0 Å². The third-order valence-corrected chi connectivity index (χ3v) is 0. The fourth-order valence-corrected chi connectivity index (χ4v) is 0. The van der Waals surface area contributed by atoms with Crippen LogP contribution in [0.3, 0.4) is 0 Å². The molecule has 0 unspecified atom stereocenters. The molecular formula is H8F6I2. The Labute approximate surface area is 76.0 Å². The molecule has 0 aliphatic heterocycles. The Morgan fingerprint density at radius 2 is 0.250 bits per heavy atom. The van der Waals surface area contributed by atoms with E-state index in [1.807, 2.05) is 0 Å². The van der Waals surface area contributed by atoms with Crippen LogP contribution < -0.4 is 0 Å². The lowest BCUT2D eigenvalue weighted by atomic mass is 19.0. The summed E-state index contributed by atoms with van der Waals surface area (Å²) in [7, 11) is 0. The van der Waals surface area contributed by atoms with Gasteiger partial charge in [-0.3, -0.25) is 28.2 Å². The highest BCUT2D eigenvalue weighted by Crippen LogP contribution is 0.887. The van der Waals surface area contributed by atoms with Crippen LogP contribution >= 0.6 is 48.0 Å². The molecule has 8 heavy (non-hydrogen) atoms. The maximum atomic E-state index is 0. The van der Waals surface area contributed by atoms with Gasteiger partial charge in [0, 0.05) is 0 Å². The molecule has 0 aliphatic carbocycles. The van der Waals surface area contributed by atoms with Gasteiger partial charge in [0.1, 0.15) is 0 Å². The van der Waals surface area contributed by atoms with Crippen molar-refractivity contribution < 1.29 is 28.2 Å². The normalized spacial score (nSPS) is 0. The Morgan fingerprint density at radius 1 is 0.250 bits per heavy atom. The molecule has 0 aliphatic rings. The molecule has 0 saturated heterocycles. The molecule has 64 valence electrons. The van der Waals surface area contributed by atoms with Crippen molar-refractivity contribution in [2.24, 2.45) is 0 Å². The van der Waals surface area contributed by atoms with Crippen molar-refractivity contribution in [2.75, 3.05) is 0 Å². The minimum Gasteiger partial charge on any atom is -0.269 e. The summed E-state index contributed by atoms with van der Waals surface area (Å²) in [5, 5.41) is 0. The third kappa shape index (κ3) is 237. The molecule has 8 heteroatoms. The highest BCUT2D eigenvalue weighted by atomic mass is 127. The first-order valence-electron chi connectivity index (χ1n) is 0. The molecule has 0 aromatic rings. The Balaban J connectivity index is 0. The lowest BCUT2D eigenvalue weighted by Gasteiger charge is -0.270. The van der Waals surface area contributed by atoms with E-state index >= 15 is 0 Å². The van der Waals surface area contributed by atoms with E-state index in [9.17, 15) is 0 Å². The Kier molecular flexibility index (Phi) is 24900. The second-order valence-corrected chi connectivity index (χ2v) is 0. The summed E-state index contributed by atoms with van der Waals surface area (Å²) in [4.78, 5) is 0. The van der Waals surface area contributed by atoms with Crippen molar-refractivity contribution in [1.82, 2.24) is 0 Å². The average Bonchev–Trinajstić information content (AvgIpc) is 0. The summed E-state index contributed by atoms with van der Waals surface area (Å²) in [5.74, 6) is 0. The van der Waals surface area contributed by atoms with Gasteiger partial charge in [0.25, 0.3) is 0 Å². The summed E-state index contributed by atoms with van der Waals surface area (Å²) in [5.41, 5.74) is 0. The van der Waals surface area contributed by atoms with Gasteiger partial charge in [-0.05, 0) is 0 Å². The van der Waals surface area contributed by atoms with Gasteiger partial charge in [-0.25, -0.2) is 0 Å². The van der Waals surface area contributed by atoms with E-state index in [2.05, 4.69) is 0 Å². The second-order valence-electron chi connectivity index (χ2n) is 0. The SMILES string of the molecule is F.F.F.F.F.F.I.I. The Morgan fingerprint density at radius 3 is 0.250 bits per heavy atom. The van der Waals surface area contributed by atoms with Gasteiger partial charge < -0.3 is 0 Å². The van der Waals surface area contributed by atoms with Gasteiger partial charge in [0.2, 0.25) is 0 Å². The van der Waals surface area contributed by atoms with Gasteiger partial charge in [-0.15, -0.1) is 48.0 Å². The van der Waals surface area contributed by atoms with Crippen LogP contribution in [0.4, 0.5) is 28.2 Å². The minimum absolute atomic E-state index is 0. The molecule has 0 atom stereocenters. The quantitative estimate of drug-likeness (QED) is 0.449. The highest BCUT2D eigenvalue weighted by molar-refractivity contribution is 14.0. The first-order valence-corrected chi connectivity index (χ1v) is 0. The van der Waals surface area contributed by atoms with E-state index in [0.717, 1.165) is 0 Å². The molecule has 0 bridgehead atoms. The van der Waals surface area contributed by atoms with E-state index in [0.29, 0.717) is 0 Å². The first kappa shape index (κ1) is 540. The monoisotopic (exact) mass is 376 g/mol. The molecule has 0 amide bonds. The zero-order chi connectivity index (χ0) is 0. The summed E-state index contributed by atoms with van der Waals surface area (Å²) in [6.45, 7) is 0. The van der Waals surface area contributed by atoms with Gasteiger partial charge in [-0.1, -0.05) is 0 Å². The van der Waals surface area contributed by atoms with Crippen LogP contribution in [-0.4, -0.2) is 0 Å². The molecular weight excluding hydrogens is 368 g/mol. The molecule has 0 heterocycles. The molecule has 0 aromatic heterocycles. The van der Waals surface area contributed by atoms with Crippen molar-refractivity contribution >= 4 is 48.0 Å². The third-order valence-electron chi connectivity index (χ3n) is 0. The van der Waals surface area contributed by atoms with Crippen molar-refractivity contribution in [2.45, 2.75) is 0 Å². The predicted molar refractivity (Wildman–Crippen MR) is 45.8 cm³/mol. The summed E-state index contributed by atoms with van der Waals surface area (Å²) in [6.07, 6.45) is 0. The van der Waals surface area contributed by atoms with E-state index in [1.165, 1.54) is 0 Å². The molecule has 0 fully saturated rings. The summed E-state index contributed by atoms with van der Waals surface area (Å²) >= 11 is 0. The Bertz CT molecular complexity index is 6.49. The van der Waals surface area contributed by atoms with E-state index in [1.54, 1.807) is 0 Å². The predicted octanol–water partition coefficient (Wildman–Crippen LogP) is 2.15. The molecule has 0 N–H and O–H groups in total. The first-order chi connectivity index (χ1) is 0. The van der Waals surface area contributed by atoms with Crippen LogP contribution in [-0.2, 0) is 0 Å². The maximum Gasteiger partial charge on any atom is -0.107 e. The fourth-order valence-electron chi connectivity index (χ4n) is 0. The van der Waals surface area contributed by atoms with Crippen LogP contribution in [0.1, 0.15) is 0 Å². The molecule has 0 radical (unpaired) electrons. The minimum atomic E-state index is 0. The molecule has 0 spiro atoms. The van der Waals surface area contributed by atoms with Crippen molar-refractivity contribution in [3.8, 4) is 0 Å². The fraction of sp³-hybridized carbons (Fsp3) is 0. The largest absolute Gasteiger partial charge is 0.269 e. The zero-order valence-electron chi connectivity index (χ0n) is 3.27. The molecule has 0 saturated carbocycles. The molecule has 0 rings (SSSR count). The standard InChI is InChI=1S/6FH.2HI/h8*1H. The lowest BCUT2D eigenvalue weighted by molar-refractivity contribution is 1.11. The maximum absolute atomic E-state index is 0. The summed E-state index contributed by atoms with van der Waals surface area (Å²) < 4.78 is 0. The van der Waals surface area contributed by atoms with Gasteiger partial charge in [0.15, 0.2) is 0 Å². The van der Waals surface area contributed by atoms with Crippen molar-refractivity contribution in [1.29, 1.82) is 0 Å². The number of rotatable bonds is 0. The molecule has 0 aromatic carbocycles. The number of hydrogen-bond donors (Lipinski definition) is 0. The van der Waals surface area contributed by atoms with Crippen LogP contribution in [0.5, 0.6) is 0 Å². The van der Waals surface area contributed by atoms with Crippen LogP contribution in [0.25, 0.3) is 0 Å². The zero-order valence-corrected chi connectivity index (χ0v) is 7.93. The van der Waals surface area contributed by atoms with Crippen LogP contribution in [0.15, 0.2) is 0 Å². The second kappa shape index (κ2) is 368. The van der Waals surface area contributed by atoms with Crippen LogP contribution in [0.2, 0.25) is 0 Å².